The van der Waals surface area contributed by atoms with Gasteiger partial charge in [-0.15, -0.1) is 0 Å². The molecule has 0 fully saturated rings. The standard InChI is InChI=1S/C7H14FNO/c1-7(2,3)5(8)6(10)9-4/h5H,1-4H3,(H,9,10). The summed E-state index contributed by atoms with van der Waals surface area (Å²) in [5.74, 6) is -0.549. The van der Waals surface area contributed by atoms with Crippen molar-refractivity contribution in [1.82, 2.24) is 5.32 Å². The molecule has 0 aromatic heterocycles. The van der Waals surface area contributed by atoms with E-state index in [1.165, 1.54) is 7.05 Å². The number of rotatable bonds is 1. The van der Waals surface area contributed by atoms with E-state index in [0.717, 1.165) is 0 Å². The predicted molar refractivity (Wildman–Crippen MR) is 38.4 cm³/mol. The van der Waals surface area contributed by atoms with Crippen molar-refractivity contribution in [3.63, 3.8) is 0 Å². The van der Waals surface area contributed by atoms with Crippen LogP contribution in [-0.4, -0.2) is 19.1 Å². The predicted octanol–water partition coefficient (Wildman–Crippen LogP) is 1.12. The third kappa shape index (κ3) is 2.33. The summed E-state index contributed by atoms with van der Waals surface area (Å²) in [5, 5.41) is 2.26. The molecule has 0 radical (unpaired) electrons. The second kappa shape index (κ2) is 2.99. The van der Waals surface area contributed by atoms with Crippen LogP contribution < -0.4 is 5.32 Å². The Kier molecular flexibility index (Phi) is 2.81. The zero-order chi connectivity index (χ0) is 8.36. The summed E-state index contributed by atoms with van der Waals surface area (Å²) >= 11 is 0. The van der Waals surface area contributed by atoms with Gasteiger partial charge in [0, 0.05) is 12.5 Å². The Hall–Kier alpha value is -0.600. The molecule has 0 aromatic rings. The maximum atomic E-state index is 12.9. The molecule has 1 atom stereocenters. The van der Waals surface area contributed by atoms with Crippen LogP contribution in [0.25, 0.3) is 0 Å². The first-order chi connectivity index (χ1) is 4.39. The molecule has 1 unspecified atom stereocenters. The summed E-state index contributed by atoms with van der Waals surface area (Å²) in [6.45, 7) is 5.06. The fourth-order valence-electron chi connectivity index (χ4n) is 0.520. The van der Waals surface area contributed by atoms with Gasteiger partial charge in [0.05, 0.1) is 0 Å². The van der Waals surface area contributed by atoms with Crippen LogP contribution >= 0.6 is 0 Å². The smallest absolute Gasteiger partial charge is 0.254 e. The van der Waals surface area contributed by atoms with E-state index in [1.807, 2.05) is 0 Å². The molecule has 0 rings (SSSR count). The molecule has 0 aliphatic heterocycles. The molecule has 0 saturated carbocycles. The number of nitrogens with one attached hydrogen (secondary N) is 1. The van der Waals surface area contributed by atoms with Gasteiger partial charge in [-0.05, 0) is 0 Å². The van der Waals surface area contributed by atoms with E-state index in [4.69, 9.17) is 0 Å². The second-order valence-corrected chi connectivity index (χ2v) is 3.34. The lowest BCUT2D eigenvalue weighted by molar-refractivity contribution is -0.129. The third-order valence-corrected chi connectivity index (χ3v) is 1.24. The molecule has 0 aromatic carbocycles. The molecule has 0 saturated heterocycles. The van der Waals surface area contributed by atoms with Crippen LogP contribution in [0.3, 0.4) is 0 Å². The summed E-state index contributed by atoms with van der Waals surface area (Å²) in [5.41, 5.74) is -0.597. The van der Waals surface area contributed by atoms with E-state index >= 15 is 0 Å². The average Bonchev–Trinajstić information content (AvgIpc) is 1.83. The summed E-state index contributed by atoms with van der Waals surface area (Å²) < 4.78 is 12.9. The molecule has 60 valence electrons. The first-order valence-corrected chi connectivity index (χ1v) is 3.25. The van der Waals surface area contributed by atoms with Gasteiger partial charge in [0.25, 0.3) is 5.91 Å². The molecular weight excluding hydrogens is 133 g/mol. The Labute approximate surface area is 60.8 Å². The monoisotopic (exact) mass is 147 g/mol. The number of alkyl halides is 1. The Morgan fingerprint density at radius 3 is 2.00 bits per heavy atom. The number of carbonyl (C=O) groups is 1. The van der Waals surface area contributed by atoms with Gasteiger partial charge in [-0.25, -0.2) is 4.39 Å². The Morgan fingerprint density at radius 1 is 1.50 bits per heavy atom. The highest BCUT2D eigenvalue weighted by Crippen LogP contribution is 2.21. The minimum atomic E-state index is -1.42. The molecule has 1 amide bonds. The fraction of sp³-hybridized carbons (Fsp3) is 0.857. The third-order valence-electron chi connectivity index (χ3n) is 1.24. The minimum absolute atomic E-state index is 0.549. The lowest BCUT2D eigenvalue weighted by Gasteiger charge is -2.21. The van der Waals surface area contributed by atoms with Crippen LogP contribution in [0.15, 0.2) is 0 Å². The highest BCUT2D eigenvalue weighted by atomic mass is 19.1. The maximum Gasteiger partial charge on any atom is 0.254 e. The molecular formula is C7H14FNO. The van der Waals surface area contributed by atoms with Crippen molar-refractivity contribution in [2.45, 2.75) is 26.9 Å². The molecule has 1 N–H and O–H groups in total. The van der Waals surface area contributed by atoms with E-state index in [9.17, 15) is 9.18 Å². The van der Waals surface area contributed by atoms with Crippen molar-refractivity contribution in [2.75, 3.05) is 7.05 Å². The molecule has 10 heavy (non-hydrogen) atoms. The minimum Gasteiger partial charge on any atom is -0.357 e. The normalized spacial score (nSPS) is 14.5. The Bertz CT molecular complexity index is 128. The number of halogens is 1. The first kappa shape index (κ1) is 9.40. The largest absolute Gasteiger partial charge is 0.357 e. The van der Waals surface area contributed by atoms with E-state index in [-0.39, 0.29) is 0 Å². The van der Waals surface area contributed by atoms with Crippen LogP contribution in [0.1, 0.15) is 20.8 Å². The van der Waals surface area contributed by atoms with Gasteiger partial charge in [0.2, 0.25) is 0 Å². The van der Waals surface area contributed by atoms with Crippen molar-refractivity contribution in [2.24, 2.45) is 5.41 Å². The molecule has 3 heteroatoms. The topological polar surface area (TPSA) is 29.1 Å². The van der Waals surface area contributed by atoms with Crippen LogP contribution in [-0.2, 0) is 4.79 Å². The first-order valence-electron chi connectivity index (χ1n) is 3.25. The van der Waals surface area contributed by atoms with Gasteiger partial charge in [-0.1, -0.05) is 20.8 Å². The summed E-state index contributed by atoms with van der Waals surface area (Å²) in [6.07, 6.45) is -1.42. The average molecular weight is 147 g/mol. The van der Waals surface area contributed by atoms with E-state index in [2.05, 4.69) is 5.32 Å². The van der Waals surface area contributed by atoms with Crippen LogP contribution in [0.2, 0.25) is 0 Å². The summed E-state index contributed by atoms with van der Waals surface area (Å²) in [7, 11) is 1.43. The van der Waals surface area contributed by atoms with Crippen molar-refractivity contribution < 1.29 is 9.18 Å². The van der Waals surface area contributed by atoms with Gasteiger partial charge in [-0.2, -0.15) is 0 Å². The summed E-state index contributed by atoms with van der Waals surface area (Å²) in [4.78, 5) is 10.7. The lowest BCUT2D eigenvalue weighted by Crippen LogP contribution is -2.37. The Balaban J connectivity index is 4.08. The van der Waals surface area contributed by atoms with Gasteiger partial charge in [-0.3, -0.25) is 4.79 Å². The highest BCUT2D eigenvalue weighted by molar-refractivity contribution is 5.81. The zero-order valence-corrected chi connectivity index (χ0v) is 6.86. The SMILES string of the molecule is CNC(=O)C(F)C(C)(C)C. The number of hydrogen-bond donors (Lipinski definition) is 1. The molecule has 0 aliphatic carbocycles. The highest BCUT2D eigenvalue weighted by Gasteiger charge is 2.29. The molecule has 0 heterocycles. The van der Waals surface area contributed by atoms with Crippen molar-refractivity contribution in [3.05, 3.63) is 0 Å². The lowest BCUT2D eigenvalue weighted by atomic mass is 9.90. The van der Waals surface area contributed by atoms with Gasteiger partial charge in [0.15, 0.2) is 6.17 Å². The van der Waals surface area contributed by atoms with Crippen molar-refractivity contribution in [3.8, 4) is 0 Å². The fourth-order valence-corrected chi connectivity index (χ4v) is 0.520. The van der Waals surface area contributed by atoms with Crippen LogP contribution in [0.5, 0.6) is 0 Å². The maximum absolute atomic E-state index is 12.9. The number of carbonyl (C=O) groups excluding carboxylic acids is 1. The quantitative estimate of drug-likeness (QED) is 0.591. The van der Waals surface area contributed by atoms with Gasteiger partial charge < -0.3 is 5.32 Å². The Morgan fingerprint density at radius 2 is 1.90 bits per heavy atom. The van der Waals surface area contributed by atoms with E-state index in [0.29, 0.717) is 0 Å². The second-order valence-electron chi connectivity index (χ2n) is 3.34. The number of hydrogen-bond acceptors (Lipinski definition) is 1. The van der Waals surface area contributed by atoms with Crippen LogP contribution in [0, 0.1) is 5.41 Å². The zero-order valence-electron chi connectivity index (χ0n) is 6.86. The van der Waals surface area contributed by atoms with Crippen LogP contribution in [0.4, 0.5) is 4.39 Å². The molecule has 0 spiro atoms. The summed E-state index contributed by atoms with van der Waals surface area (Å²) in [6, 6.07) is 0. The molecule has 2 nitrogen and oxygen atoms in total. The van der Waals surface area contributed by atoms with E-state index in [1.54, 1.807) is 20.8 Å². The molecule has 0 bridgehead atoms. The van der Waals surface area contributed by atoms with Crippen molar-refractivity contribution in [1.29, 1.82) is 0 Å². The number of amides is 1. The van der Waals surface area contributed by atoms with Gasteiger partial charge >= 0.3 is 0 Å². The van der Waals surface area contributed by atoms with E-state index < -0.39 is 17.5 Å². The van der Waals surface area contributed by atoms with Crippen molar-refractivity contribution >= 4 is 5.91 Å². The molecule has 0 aliphatic rings. The van der Waals surface area contributed by atoms with Gasteiger partial charge in [0.1, 0.15) is 0 Å².